The van der Waals surface area contributed by atoms with E-state index in [2.05, 4.69) is 31.3 Å². The highest BCUT2D eigenvalue weighted by molar-refractivity contribution is 5.87. The van der Waals surface area contributed by atoms with Crippen molar-refractivity contribution >= 4 is 33.7 Å². The summed E-state index contributed by atoms with van der Waals surface area (Å²) in [4.78, 5) is 40.6. The minimum atomic E-state index is -0.222. The third kappa shape index (κ3) is 3.55. The predicted octanol–water partition coefficient (Wildman–Crippen LogP) is 3.61. The molecular weight excluding hydrogens is 430 g/mol. The van der Waals surface area contributed by atoms with Crippen molar-refractivity contribution < 1.29 is 4.79 Å². The fraction of sp³-hybridized carbons (Fsp3) is 0.240. The van der Waals surface area contributed by atoms with Gasteiger partial charge in [-0.1, -0.05) is 6.07 Å². The van der Waals surface area contributed by atoms with Crippen LogP contribution in [-0.4, -0.2) is 54.9 Å². The van der Waals surface area contributed by atoms with Crippen LogP contribution in [0.2, 0.25) is 0 Å². The van der Waals surface area contributed by atoms with Gasteiger partial charge in [0.2, 0.25) is 5.91 Å². The summed E-state index contributed by atoms with van der Waals surface area (Å²) in [5.41, 5.74) is 4.96. The zero-order chi connectivity index (χ0) is 23.1. The fourth-order valence-electron chi connectivity index (χ4n) is 4.77. The topological polar surface area (TPSA) is 115 Å². The van der Waals surface area contributed by atoms with Crippen molar-refractivity contribution in [1.82, 2.24) is 29.4 Å². The number of amides is 1. The zero-order valence-electron chi connectivity index (χ0n) is 18.6. The Morgan fingerprint density at radius 2 is 1.97 bits per heavy atom. The van der Waals surface area contributed by atoms with Crippen LogP contribution in [0.5, 0.6) is 0 Å². The predicted molar refractivity (Wildman–Crippen MR) is 132 cm³/mol. The summed E-state index contributed by atoms with van der Waals surface area (Å²) in [6, 6.07) is 13.9. The van der Waals surface area contributed by atoms with Crippen molar-refractivity contribution in [2.75, 3.05) is 25.0 Å². The molecule has 0 aliphatic carbocycles. The molecule has 4 heterocycles. The third-order valence-electron chi connectivity index (χ3n) is 6.46. The van der Waals surface area contributed by atoms with Crippen molar-refractivity contribution in [3.8, 4) is 16.9 Å². The fourth-order valence-corrected chi connectivity index (χ4v) is 4.77. The van der Waals surface area contributed by atoms with Crippen molar-refractivity contribution in [1.29, 1.82) is 0 Å². The van der Waals surface area contributed by atoms with Crippen LogP contribution in [0.15, 0.2) is 59.8 Å². The van der Waals surface area contributed by atoms with E-state index in [4.69, 9.17) is 0 Å². The molecule has 1 amide bonds. The molecule has 9 nitrogen and oxygen atoms in total. The number of fused-ring (bicyclic) bond motifs is 2. The van der Waals surface area contributed by atoms with Crippen molar-refractivity contribution in [3.63, 3.8) is 0 Å². The number of aromatic amines is 3. The van der Waals surface area contributed by atoms with Gasteiger partial charge in [-0.2, -0.15) is 0 Å². The first-order valence-electron chi connectivity index (χ1n) is 11.5. The van der Waals surface area contributed by atoms with Gasteiger partial charge in [-0.3, -0.25) is 14.3 Å². The molecule has 0 atom stereocenters. The standard InChI is InChI=1S/C25H25N7O2/c33-22-3-1-11-31(22)12-2-9-27-24-23(17-4-6-19-16(13-17)8-10-26-19)32(25(34)30-24)18-5-7-20-21(14-18)29-15-28-20/h4-8,10,13-15,26-27H,1-3,9,11-12H2,(H,28,29)(H,30,34). The van der Waals surface area contributed by atoms with Gasteiger partial charge in [-0.15, -0.1) is 0 Å². The van der Waals surface area contributed by atoms with Gasteiger partial charge >= 0.3 is 5.69 Å². The number of anilines is 1. The van der Waals surface area contributed by atoms with Gasteiger partial charge in [0.25, 0.3) is 0 Å². The highest BCUT2D eigenvalue weighted by Gasteiger charge is 2.21. The van der Waals surface area contributed by atoms with Crippen LogP contribution in [0.4, 0.5) is 5.82 Å². The van der Waals surface area contributed by atoms with Gasteiger partial charge in [0.05, 0.1) is 28.7 Å². The monoisotopic (exact) mass is 455 g/mol. The first kappa shape index (κ1) is 20.3. The summed E-state index contributed by atoms with van der Waals surface area (Å²) >= 11 is 0. The second-order valence-corrected chi connectivity index (χ2v) is 8.64. The Balaban J connectivity index is 1.37. The first-order chi connectivity index (χ1) is 16.7. The highest BCUT2D eigenvalue weighted by atomic mass is 16.2. The van der Waals surface area contributed by atoms with Crippen LogP contribution in [0, 0.1) is 0 Å². The van der Waals surface area contributed by atoms with Crippen molar-refractivity contribution in [2.45, 2.75) is 19.3 Å². The van der Waals surface area contributed by atoms with E-state index in [1.807, 2.05) is 47.5 Å². The Labute approximate surface area is 194 Å². The molecule has 6 rings (SSSR count). The molecule has 0 saturated carbocycles. The van der Waals surface area contributed by atoms with Gasteiger partial charge in [0.15, 0.2) is 0 Å². The summed E-state index contributed by atoms with van der Waals surface area (Å²) in [5, 5.41) is 4.48. The van der Waals surface area contributed by atoms with Crippen LogP contribution in [-0.2, 0) is 4.79 Å². The second-order valence-electron chi connectivity index (χ2n) is 8.64. The number of carbonyl (C=O) groups is 1. The maximum Gasteiger partial charge on any atom is 0.332 e. The van der Waals surface area contributed by atoms with E-state index in [0.29, 0.717) is 18.8 Å². The molecular formula is C25H25N7O2. The number of nitrogens with one attached hydrogen (secondary N) is 4. The molecule has 1 fully saturated rings. The SMILES string of the molecule is O=C1CCCN1CCCNc1[nH]c(=O)n(-c2ccc3nc[nH]c3c2)c1-c1ccc2[nH]ccc2c1. The van der Waals surface area contributed by atoms with E-state index < -0.39 is 0 Å². The number of rotatable bonds is 7. The van der Waals surface area contributed by atoms with Crippen LogP contribution in [0.3, 0.4) is 0 Å². The second kappa shape index (κ2) is 8.26. The minimum absolute atomic E-state index is 0.222. The Kier molecular flexibility index (Phi) is 4.94. The molecule has 1 aliphatic rings. The Morgan fingerprint density at radius 3 is 2.85 bits per heavy atom. The smallest absolute Gasteiger partial charge is 0.332 e. The van der Waals surface area contributed by atoms with Gasteiger partial charge in [0, 0.05) is 48.7 Å². The summed E-state index contributed by atoms with van der Waals surface area (Å²) in [6.07, 6.45) is 5.94. The largest absolute Gasteiger partial charge is 0.370 e. The van der Waals surface area contributed by atoms with Gasteiger partial charge < -0.3 is 20.2 Å². The molecule has 3 aromatic heterocycles. The molecule has 1 aliphatic heterocycles. The molecule has 0 radical (unpaired) electrons. The lowest BCUT2D eigenvalue weighted by Gasteiger charge is -2.16. The molecule has 1 saturated heterocycles. The Morgan fingerprint density at radius 1 is 1.03 bits per heavy atom. The number of H-pyrrole nitrogens is 3. The maximum atomic E-state index is 13.2. The van der Waals surface area contributed by atoms with Crippen LogP contribution < -0.4 is 11.0 Å². The normalized spacial score (nSPS) is 14.0. The Bertz CT molecular complexity index is 1550. The van der Waals surface area contributed by atoms with E-state index in [0.717, 1.165) is 64.8 Å². The van der Waals surface area contributed by atoms with Crippen molar-refractivity contribution in [2.24, 2.45) is 0 Å². The van der Waals surface area contributed by atoms with Crippen molar-refractivity contribution in [3.05, 3.63) is 65.5 Å². The number of imidazole rings is 2. The van der Waals surface area contributed by atoms with Crippen LogP contribution in [0.25, 0.3) is 38.9 Å². The zero-order valence-corrected chi connectivity index (χ0v) is 18.6. The first-order valence-corrected chi connectivity index (χ1v) is 11.5. The lowest BCUT2D eigenvalue weighted by molar-refractivity contribution is -0.127. The van der Waals surface area contributed by atoms with E-state index in [1.54, 1.807) is 10.9 Å². The lowest BCUT2D eigenvalue weighted by atomic mass is 10.1. The van der Waals surface area contributed by atoms with Crippen LogP contribution >= 0.6 is 0 Å². The Hall–Kier alpha value is -4.27. The number of hydrogen-bond donors (Lipinski definition) is 4. The number of nitrogens with zero attached hydrogens (tertiary/aromatic N) is 3. The quantitative estimate of drug-likeness (QED) is 0.281. The molecule has 0 unspecified atom stereocenters. The molecule has 34 heavy (non-hydrogen) atoms. The average molecular weight is 456 g/mol. The number of carbonyl (C=O) groups excluding carboxylic acids is 1. The molecule has 172 valence electrons. The number of likely N-dealkylation sites (tertiary alicyclic amines) is 1. The van der Waals surface area contributed by atoms with Gasteiger partial charge in [-0.05, 0) is 49.2 Å². The molecule has 0 spiro atoms. The van der Waals surface area contributed by atoms with E-state index in [1.165, 1.54) is 0 Å². The van der Waals surface area contributed by atoms with E-state index >= 15 is 0 Å². The highest BCUT2D eigenvalue weighted by Crippen LogP contribution is 2.31. The van der Waals surface area contributed by atoms with Gasteiger partial charge in [0.1, 0.15) is 5.82 Å². The summed E-state index contributed by atoms with van der Waals surface area (Å²) in [7, 11) is 0. The number of benzene rings is 2. The van der Waals surface area contributed by atoms with E-state index in [-0.39, 0.29) is 11.6 Å². The molecule has 9 heteroatoms. The molecule has 2 aromatic carbocycles. The maximum absolute atomic E-state index is 13.2. The number of hydrogen-bond acceptors (Lipinski definition) is 4. The van der Waals surface area contributed by atoms with Crippen LogP contribution in [0.1, 0.15) is 19.3 Å². The summed E-state index contributed by atoms with van der Waals surface area (Å²) in [6.45, 7) is 2.20. The minimum Gasteiger partial charge on any atom is -0.370 e. The third-order valence-corrected chi connectivity index (χ3v) is 6.46. The number of aromatic nitrogens is 5. The average Bonchev–Trinajstić information content (AvgIpc) is 3.62. The summed E-state index contributed by atoms with van der Waals surface area (Å²) < 4.78 is 1.69. The lowest BCUT2D eigenvalue weighted by Crippen LogP contribution is -2.27. The summed E-state index contributed by atoms with van der Waals surface area (Å²) in [5.74, 6) is 0.895. The molecule has 4 N–H and O–H groups in total. The van der Waals surface area contributed by atoms with Gasteiger partial charge in [-0.25, -0.2) is 9.78 Å². The molecule has 5 aromatic rings. The van der Waals surface area contributed by atoms with E-state index in [9.17, 15) is 9.59 Å². The molecule has 0 bridgehead atoms.